The molecule has 0 radical (unpaired) electrons. The zero-order valence-corrected chi connectivity index (χ0v) is 13.5. The first kappa shape index (κ1) is 17.0. The third-order valence-corrected chi connectivity index (χ3v) is 3.25. The van der Waals surface area contributed by atoms with Crippen LogP contribution in [0.25, 0.3) is 0 Å². The third kappa shape index (κ3) is 5.09. The Morgan fingerprint density at radius 3 is 2.62 bits per heavy atom. The molecule has 0 saturated carbocycles. The van der Waals surface area contributed by atoms with Crippen molar-refractivity contribution in [2.24, 2.45) is 12.0 Å². The zero-order valence-electron chi connectivity index (χ0n) is 13.5. The summed E-state index contributed by atoms with van der Waals surface area (Å²) in [6, 6.07) is 0. The second kappa shape index (κ2) is 8.28. The van der Waals surface area contributed by atoms with Crippen LogP contribution in [0.1, 0.15) is 30.3 Å². The van der Waals surface area contributed by atoms with Crippen molar-refractivity contribution in [2.45, 2.75) is 33.7 Å². The summed E-state index contributed by atoms with van der Waals surface area (Å²) >= 11 is 0. The van der Waals surface area contributed by atoms with Gasteiger partial charge in [-0.3, -0.25) is 9.48 Å². The quantitative estimate of drug-likeness (QED) is 0.458. The van der Waals surface area contributed by atoms with Crippen molar-refractivity contribution < 1.29 is 9.53 Å². The van der Waals surface area contributed by atoms with Gasteiger partial charge in [0.15, 0.2) is 5.96 Å². The molecule has 2 N–H and O–H groups in total. The Bertz CT molecular complexity index is 508. The minimum atomic E-state index is -0.239. The number of carbonyl (C=O) groups excluding carboxylic acids is 1. The first-order chi connectivity index (χ1) is 9.99. The molecule has 7 nitrogen and oxygen atoms in total. The maximum Gasteiger partial charge on any atom is 0.307 e. The molecule has 0 amide bonds. The van der Waals surface area contributed by atoms with E-state index >= 15 is 0 Å². The normalized spacial score (nSPS) is 11.4. The van der Waals surface area contributed by atoms with E-state index in [9.17, 15) is 4.79 Å². The topological polar surface area (TPSA) is 80.5 Å². The number of hydrogen-bond donors (Lipinski definition) is 2. The summed E-state index contributed by atoms with van der Waals surface area (Å²) in [6.07, 6.45) is 0.311. The Morgan fingerprint density at radius 1 is 1.38 bits per heavy atom. The van der Waals surface area contributed by atoms with E-state index in [0.29, 0.717) is 25.5 Å². The molecule has 0 fully saturated rings. The molecule has 0 atom stereocenters. The predicted molar refractivity (Wildman–Crippen MR) is 82.1 cm³/mol. The molecular weight excluding hydrogens is 270 g/mol. The van der Waals surface area contributed by atoms with Crippen LogP contribution >= 0.6 is 0 Å². The first-order valence-electron chi connectivity index (χ1n) is 7.07. The molecule has 0 aliphatic carbocycles. The van der Waals surface area contributed by atoms with Gasteiger partial charge in [-0.05, 0) is 20.8 Å². The molecule has 1 aromatic heterocycles. The van der Waals surface area contributed by atoms with E-state index in [0.717, 1.165) is 23.5 Å². The highest BCUT2D eigenvalue weighted by molar-refractivity contribution is 5.80. The highest BCUT2D eigenvalue weighted by atomic mass is 16.5. The average molecular weight is 295 g/mol. The van der Waals surface area contributed by atoms with Crippen LogP contribution in [0.2, 0.25) is 0 Å². The molecule has 1 heterocycles. The highest BCUT2D eigenvalue weighted by Gasteiger charge is 2.09. The van der Waals surface area contributed by atoms with Crippen molar-refractivity contribution in [1.82, 2.24) is 20.4 Å². The molecule has 0 spiro atoms. The van der Waals surface area contributed by atoms with E-state index in [4.69, 9.17) is 0 Å². The second-order valence-corrected chi connectivity index (χ2v) is 4.72. The maximum absolute atomic E-state index is 11.1. The van der Waals surface area contributed by atoms with Crippen molar-refractivity contribution in [3.05, 3.63) is 17.0 Å². The fourth-order valence-electron chi connectivity index (χ4n) is 1.93. The Hall–Kier alpha value is -2.05. The van der Waals surface area contributed by atoms with Gasteiger partial charge in [0.25, 0.3) is 0 Å². The van der Waals surface area contributed by atoms with E-state index in [2.05, 4.69) is 25.5 Å². The number of rotatable bonds is 6. The molecular formula is C14H25N5O2. The molecule has 1 aromatic rings. The smallest absolute Gasteiger partial charge is 0.307 e. The van der Waals surface area contributed by atoms with Crippen molar-refractivity contribution in [3.8, 4) is 0 Å². The molecule has 0 aromatic carbocycles. The van der Waals surface area contributed by atoms with Crippen LogP contribution in [0.5, 0.6) is 0 Å². The van der Waals surface area contributed by atoms with Gasteiger partial charge in [-0.25, -0.2) is 4.99 Å². The number of ether oxygens (including phenoxy) is 1. The molecule has 7 heteroatoms. The van der Waals surface area contributed by atoms with Gasteiger partial charge in [0, 0.05) is 31.4 Å². The number of carbonyl (C=O) groups is 1. The molecule has 0 bridgehead atoms. The van der Waals surface area contributed by atoms with E-state index in [1.54, 1.807) is 0 Å². The molecule has 0 unspecified atom stereocenters. The monoisotopic (exact) mass is 295 g/mol. The average Bonchev–Trinajstić information content (AvgIpc) is 2.69. The fourth-order valence-corrected chi connectivity index (χ4v) is 1.93. The van der Waals surface area contributed by atoms with Crippen LogP contribution in [-0.2, 0) is 23.1 Å². The van der Waals surface area contributed by atoms with E-state index in [-0.39, 0.29) is 5.97 Å². The van der Waals surface area contributed by atoms with E-state index < -0.39 is 0 Å². The Balaban J connectivity index is 2.64. The Morgan fingerprint density at radius 2 is 2.10 bits per heavy atom. The van der Waals surface area contributed by atoms with Gasteiger partial charge < -0.3 is 15.4 Å². The lowest BCUT2D eigenvalue weighted by atomic mass is 10.2. The predicted octanol–water partition coefficient (Wildman–Crippen LogP) is 0.655. The molecule has 1 rings (SSSR count). The summed E-state index contributed by atoms with van der Waals surface area (Å²) in [5.41, 5.74) is 3.23. The van der Waals surface area contributed by atoms with Crippen molar-refractivity contribution in [3.63, 3.8) is 0 Å². The zero-order chi connectivity index (χ0) is 15.8. The highest BCUT2D eigenvalue weighted by Crippen LogP contribution is 2.12. The third-order valence-electron chi connectivity index (χ3n) is 3.25. The van der Waals surface area contributed by atoms with E-state index in [1.165, 1.54) is 7.11 Å². The lowest BCUT2D eigenvalue weighted by Gasteiger charge is -2.10. The van der Waals surface area contributed by atoms with Crippen LogP contribution in [0, 0.1) is 13.8 Å². The van der Waals surface area contributed by atoms with Crippen molar-refractivity contribution in [1.29, 1.82) is 0 Å². The second-order valence-electron chi connectivity index (χ2n) is 4.72. The Kier molecular flexibility index (Phi) is 6.71. The molecule has 0 aliphatic rings. The van der Waals surface area contributed by atoms with Gasteiger partial charge in [0.2, 0.25) is 0 Å². The van der Waals surface area contributed by atoms with Crippen molar-refractivity contribution in [2.75, 3.05) is 20.2 Å². The number of aryl methyl sites for hydroxylation is 2. The lowest BCUT2D eigenvalue weighted by molar-refractivity contribution is -0.140. The van der Waals surface area contributed by atoms with Gasteiger partial charge in [-0.15, -0.1) is 0 Å². The van der Waals surface area contributed by atoms with Crippen LogP contribution in [-0.4, -0.2) is 41.9 Å². The van der Waals surface area contributed by atoms with E-state index in [1.807, 2.05) is 32.5 Å². The molecule has 0 saturated heterocycles. The van der Waals surface area contributed by atoms with Gasteiger partial charge >= 0.3 is 5.97 Å². The van der Waals surface area contributed by atoms with Crippen molar-refractivity contribution >= 4 is 11.9 Å². The summed E-state index contributed by atoms with van der Waals surface area (Å²) in [5, 5.41) is 10.6. The molecule has 118 valence electrons. The number of nitrogens with one attached hydrogen (secondary N) is 2. The number of nitrogens with zero attached hydrogens (tertiary/aromatic N) is 3. The largest absolute Gasteiger partial charge is 0.469 e. The summed E-state index contributed by atoms with van der Waals surface area (Å²) in [4.78, 5) is 15.6. The van der Waals surface area contributed by atoms with Gasteiger partial charge in [-0.2, -0.15) is 5.10 Å². The number of methoxy groups -OCH3 is 1. The number of hydrogen-bond acceptors (Lipinski definition) is 4. The van der Waals surface area contributed by atoms with Crippen LogP contribution in [0.15, 0.2) is 4.99 Å². The first-order valence-corrected chi connectivity index (χ1v) is 7.07. The van der Waals surface area contributed by atoms with Gasteiger partial charge in [-0.1, -0.05) is 0 Å². The number of esters is 1. The number of aliphatic imine (C=N–C) groups is 1. The number of guanidine groups is 1. The molecule has 0 aliphatic heterocycles. The fraction of sp³-hybridized carbons (Fsp3) is 0.643. The summed E-state index contributed by atoms with van der Waals surface area (Å²) in [5.74, 6) is 0.446. The number of aromatic nitrogens is 2. The van der Waals surface area contributed by atoms with Crippen LogP contribution in [0.4, 0.5) is 0 Å². The van der Waals surface area contributed by atoms with Crippen LogP contribution < -0.4 is 10.6 Å². The molecule has 21 heavy (non-hydrogen) atoms. The minimum absolute atomic E-state index is 0.239. The maximum atomic E-state index is 11.1. The Labute approximate surface area is 125 Å². The summed E-state index contributed by atoms with van der Waals surface area (Å²) < 4.78 is 6.46. The summed E-state index contributed by atoms with van der Waals surface area (Å²) in [7, 11) is 3.31. The lowest BCUT2D eigenvalue weighted by Crippen LogP contribution is -2.38. The van der Waals surface area contributed by atoms with Crippen LogP contribution in [0.3, 0.4) is 0 Å². The minimum Gasteiger partial charge on any atom is -0.469 e. The van der Waals surface area contributed by atoms with Gasteiger partial charge in [0.05, 0.1) is 25.8 Å². The summed E-state index contributed by atoms with van der Waals surface area (Å²) in [6.45, 7) is 7.81. The standard InChI is InChI=1S/C14H25N5O2/c1-6-15-14(16-8-7-13(20)21-5)17-9-12-10(2)18-19(4)11(12)3/h6-9H2,1-5H3,(H2,15,16,17). The SMILES string of the molecule is CCNC(=NCc1c(C)nn(C)c1C)NCCC(=O)OC. The van der Waals surface area contributed by atoms with Gasteiger partial charge in [0.1, 0.15) is 0 Å².